The Bertz CT molecular complexity index is 1170. The van der Waals surface area contributed by atoms with Gasteiger partial charge in [0.1, 0.15) is 12.5 Å². The van der Waals surface area contributed by atoms with E-state index in [0.717, 1.165) is 40.8 Å². The number of aromatic nitrogens is 4. The average molecular weight is 450 g/mol. The molecule has 1 amide bonds. The van der Waals surface area contributed by atoms with Gasteiger partial charge in [-0.15, -0.1) is 0 Å². The van der Waals surface area contributed by atoms with Gasteiger partial charge in [0.15, 0.2) is 0 Å². The molecule has 3 aliphatic rings. The van der Waals surface area contributed by atoms with Gasteiger partial charge in [0.2, 0.25) is 5.91 Å². The van der Waals surface area contributed by atoms with E-state index in [1.165, 1.54) is 25.7 Å². The highest BCUT2D eigenvalue weighted by Gasteiger charge is 2.39. The van der Waals surface area contributed by atoms with Crippen LogP contribution in [0.15, 0.2) is 30.7 Å². The number of pyridine rings is 2. The zero-order valence-electron chi connectivity index (χ0n) is 18.6. The number of carbonyl (C=O) groups is 1. The van der Waals surface area contributed by atoms with Gasteiger partial charge in [-0.2, -0.15) is 5.10 Å². The smallest absolute Gasteiger partial charge is 0.239 e. The summed E-state index contributed by atoms with van der Waals surface area (Å²) in [6.45, 7) is 2.74. The molecule has 2 saturated heterocycles. The number of alkyl halides is 1. The number of fused-ring (bicyclic) bond motifs is 4. The molecule has 3 aliphatic heterocycles. The summed E-state index contributed by atoms with van der Waals surface area (Å²) < 4.78 is 14.8. The van der Waals surface area contributed by atoms with Crippen LogP contribution in [0, 0.1) is 0 Å². The van der Waals surface area contributed by atoms with E-state index < -0.39 is 0 Å². The standard InChI is InChI=1S/C24H28FN7O/c25-5-6-30-7-8-32-22(14-30)20(13-28-32)21-9-16-10-23(27-12-17(16)11-26-21)29-24(33)15-31-18-1-2-19(31)4-3-18/h9-13,18-19H,1-8,14-15H2,(H,27,29,33). The van der Waals surface area contributed by atoms with E-state index in [0.29, 0.717) is 37.5 Å². The summed E-state index contributed by atoms with van der Waals surface area (Å²) in [5.74, 6) is 0.552. The van der Waals surface area contributed by atoms with Crippen molar-refractivity contribution in [3.63, 3.8) is 0 Å². The number of hydrogen-bond donors (Lipinski definition) is 1. The van der Waals surface area contributed by atoms with Crippen LogP contribution in [0.5, 0.6) is 0 Å². The molecule has 0 unspecified atom stereocenters. The summed E-state index contributed by atoms with van der Waals surface area (Å²) in [4.78, 5) is 26.2. The number of anilines is 1. The molecule has 6 rings (SSSR count). The van der Waals surface area contributed by atoms with Gasteiger partial charge in [0, 0.05) is 55.1 Å². The van der Waals surface area contributed by atoms with E-state index in [9.17, 15) is 9.18 Å². The van der Waals surface area contributed by atoms with Crippen molar-refractivity contribution in [3.05, 3.63) is 36.4 Å². The Morgan fingerprint density at radius 1 is 1.03 bits per heavy atom. The summed E-state index contributed by atoms with van der Waals surface area (Å²) >= 11 is 0. The van der Waals surface area contributed by atoms with Crippen molar-refractivity contribution in [3.8, 4) is 11.3 Å². The van der Waals surface area contributed by atoms with Crippen LogP contribution >= 0.6 is 0 Å². The third-order valence-electron chi connectivity index (χ3n) is 7.43. The van der Waals surface area contributed by atoms with Crippen molar-refractivity contribution < 1.29 is 9.18 Å². The summed E-state index contributed by atoms with van der Waals surface area (Å²) in [6.07, 6.45) is 10.3. The molecule has 0 radical (unpaired) electrons. The molecule has 6 heterocycles. The zero-order valence-corrected chi connectivity index (χ0v) is 18.6. The highest BCUT2D eigenvalue weighted by atomic mass is 19.1. The minimum absolute atomic E-state index is 0.00594. The van der Waals surface area contributed by atoms with E-state index in [-0.39, 0.29) is 12.6 Å². The van der Waals surface area contributed by atoms with Crippen molar-refractivity contribution in [2.24, 2.45) is 0 Å². The van der Waals surface area contributed by atoms with Gasteiger partial charge in [0.05, 0.1) is 30.7 Å². The van der Waals surface area contributed by atoms with Gasteiger partial charge in [-0.05, 0) is 43.2 Å². The SMILES string of the molecule is O=C(CN1C2CCC1CC2)Nc1cc2cc(-c3cnn4c3CN(CCF)CC4)ncc2cn1. The second kappa shape index (κ2) is 8.46. The largest absolute Gasteiger partial charge is 0.310 e. The first-order valence-electron chi connectivity index (χ1n) is 11.8. The van der Waals surface area contributed by atoms with Crippen molar-refractivity contribution in [2.75, 3.05) is 31.6 Å². The quantitative estimate of drug-likeness (QED) is 0.624. The third-order valence-corrected chi connectivity index (χ3v) is 7.43. The molecule has 33 heavy (non-hydrogen) atoms. The Morgan fingerprint density at radius 3 is 2.61 bits per heavy atom. The topological polar surface area (TPSA) is 79.2 Å². The van der Waals surface area contributed by atoms with Crippen LogP contribution in [0.2, 0.25) is 0 Å². The predicted molar refractivity (Wildman–Crippen MR) is 123 cm³/mol. The van der Waals surface area contributed by atoms with E-state index in [4.69, 9.17) is 0 Å². The Morgan fingerprint density at radius 2 is 1.82 bits per heavy atom. The molecule has 0 atom stereocenters. The van der Waals surface area contributed by atoms with E-state index in [2.05, 4.69) is 30.2 Å². The minimum atomic E-state index is -0.349. The Labute approximate surface area is 191 Å². The fourth-order valence-corrected chi connectivity index (χ4v) is 5.70. The van der Waals surface area contributed by atoms with E-state index >= 15 is 0 Å². The van der Waals surface area contributed by atoms with Crippen LogP contribution in [0.25, 0.3) is 22.0 Å². The van der Waals surface area contributed by atoms with Gasteiger partial charge < -0.3 is 5.32 Å². The van der Waals surface area contributed by atoms with Crippen LogP contribution in [0.1, 0.15) is 31.4 Å². The highest BCUT2D eigenvalue weighted by Crippen LogP contribution is 2.37. The van der Waals surface area contributed by atoms with Crippen molar-refractivity contribution in [1.29, 1.82) is 0 Å². The summed E-state index contributed by atoms with van der Waals surface area (Å²) in [5.41, 5.74) is 2.85. The van der Waals surface area contributed by atoms with Crippen LogP contribution < -0.4 is 5.32 Å². The lowest BCUT2D eigenvalue weighted by Crippen LogP contribution is -2.36. The Kier molecular flexibility index (Phi) is 5.30. The highest BCUT2D eigenvalue weighted by molar-refractivity contribution is 5.94. The molecule has 1 N–H and O–H groups in total. The molecule has 2 fully saturated rings. The number of halogens is 1. The van der Waals surface area contributed by atoms with Gasteiger partial charge in [-0.1, -0.05) is 0 Å². The third kappa shape index (κ3) is 3.89. The van der Waals surface area contributed by atoms with E-state index in [1.54, 1.807) is 12.4 Å². The van der Waals surface area contributed by atoms with Gasteiger partial charge >= 0.3 is 0 Å². The molecule has 0 saturated carbocycles. The normalized spacial score (nSPS) is 22.7. The minimum Gasteiger partial charge on any atom is -0.310 e. The molecule has 0 aromatic carbocycles. The number of rotatable bonds is 6. The second-order valence-corrected chi connectivity index (χ2v) is 9.36. The Hall–Kier alpha value is -2.91. The average Bonchev–Trinajstić information content (AvgIpc) is 3.53. The molecule has 3 aromatic rings. The lowest BCUT2D eigenvalue weighted by Gasteiger charge is -2.27. The second-order valence-electron chi connectivity index (χ2n) is 9.36. The first-order chi connectivity index (χ1) is 16.2. The number of hydrogen-bond acceptors (Lipinski definition) is 6. The molecule has 0 aliphatic carbocycles. The molecule has 3 aromatic heterocycles. The first-order valence-corrected chi connectivity index (χ1v) is 11.8. The van der Waals surface area contributed by atoms with E-state index in [1.807, 2.05) is 23.0 Å². The molecule has 9 heteroatoms. The van der Waals surface area contributed by atoms with Crippen LogP contribution in [-0.4, -0.2) is 73.8 Å². The maximum Gasteiger partial charge on any atom is 0.239 e. The number of amides is 1. The molecular weight excluding hydrogens is 421 g/mol. The van der Waals surface area contributed by atoms with Gasteiger partial charge in [0.25, 0.3) is 0 Å². The maximum absolute atomic E-state index is 12.8. The van der Waals surface area contributed by atoms with Gasteiger partial charge in [-0.25, -0.2) is 9.37 Å². The summed E-state index contributed by atoms with van der Waals surface area (Å²) in [7, 11) is 0. The molecule has 172 valence electrons. The molecule has 8 nitrogen and oxygen atoms in total. The van der Waals surface area contributed by atoms with Crippen LogP contribution in [0.3, 0.4) is 0 Å². The number of carbonyl (C=O) groups excluding carboxylic acids is 1. The fourth-order valence-electron chi connectivity index (χ4n) is 5.70. The fraction of sp³-hybridized carbons (Fsp3) is 0.500. The van der Waals surface area contributed by atoms with Crippen molar-refractivity contribution in [1.82, 2.24) is 29.5 Å². The monoisotopic (exact) mass is 449 g/mol. The molecular formula is C24H28FN7O. The van der Waals surface area contributed by atoms with Crippen LogP contribution in [0.4, 0.5) is 10.2 Å². The number of nitrogens with one attached hydrogen (secondary N) is 1. The summed E-state index contributed by atoms with van der Waals surface area (Å²) in [6, 6.07) is 5.06. The first kappa shape index (κ1) is 20.7. The Balaban J connectivity index is 1.22. The van der Waals surface area contributed by atoms with Gasteiger partial charge in [-0.3, -0.25) is 24.3 Å². The molecule has 0 spiro atoms. The predicted octanol–water partition coefficient (Wildman–Crippen LogP) is 2.84. The lowest BCUT2D eigenvalue weighted by molar-refractivity contribution is -0.117. The molecule has 2 bridgehead atoms. The van der Waals surface area contributed by atoms with Crippen LogP contribution in [-0.2, 0) is 17.9 Å². The van der Waals surface area contributed by atoms with Crippen molar-refractivity contribution >= 4 is 22.5 Å². The summed E-state index contributed by atoms with van der Waals surface area (Å²) in [5, 5.41) is 9.37. The number of nitrogens with zero attached hydrogens (tertiary/aromatic N) is 6. The zero-order chi connectivity index (χ0) is 22.4. The maximum atomic E-state index is 12.8. The van der Waals surface area contributed by atoms with Crippen molar-refractivity contribution in [2.45, 2.75) is 50.9 Å². The lowest BCUT2D eigenvalue weighted by atomic mass is 10.0.